The Bertz CT molecular complexity index is 1000. The van der Waals surface area contributed by atoms with E-state index in [1.54, 1.807) is 24.3 Å². The first kappa shape index (κ1) is 18.5. The number of ether oxygens (including phenoxy) is 1. The highest BCUT2D eigenvalue weighted by atomic mass is 19.3. The zero-order chi connectivity index (χ0) is 19.6. The van der Waals surface area contributed by atoms with Crippen LogP contribution in [0.3, 0.4) is 0 Å². The Kier molecular flexibility index (Phi) is 4.89. The molecule has 0 fully saturated rings. The first-order valence-corrected chi connectivity index (χ1v) is 7.58. The molecule has 140 valence electrons. The first-order valence-electron chi connectivity index (χ1n) is 7.58. The van der Waals surface area contributed by atoms with E-state index in [9.17, 15) is 27.2 Å². The number of alkyl halides is 4. The maximum absolute atomic E-state index is 13.0. The normalized spacial score (nSPS) is 11.7. The van der Waals surface area contributed by atoms with Crippen molar-refractivity contribution in [1.29, 1.82) is 0 Å². The fourth-order valence-corrected chi connectivity index (χ4v) is 2.28. The van der Waals surface area contributed by atoms with E-state index < -0.39 is 30.8 Å². The number of benzene rings is 2. The van der Waals surface area contributed by atoms with E-state index in [2.05, 4.69) is 15.0 Å². The number of hydrogen-bond acceptors (Lipinski definition) is 5. The second-order valence-corrected chi connectivity index (χ2v) is 5.48. The highest BCUT2D eigenvalue weighted by molar-refractivity contribution is 6.08. The molecule has 6 nitrogen and oxygen atoms in total. The van der Waals surface area contributed by atoms with Crippen molar-refractivity contribution in [3.05, 3.63) is 59.7 Å². The average molecular weight is 381 g/mol. The number of nitrogens with zero attached hydrogens (tertiary/aromatic N) is 3. The van der Waals surface area contributed by atoms with Crippen molar-refractivity contribution < 1.29 is 31.9 Å². The molecule has 0 aliphatic heterocycles. The predicted octanol–water partition coefficient (Wildman–Crippen LogP) is 3.18. The van der Waals surface area contributed by atoms with Gasteiger partial charge in [-0.2, -0.15) is 13.5 Å². The molecule has 2 aromatic carbocycles. The Morgan fingerprint density at radius 2 is 1.67 bits per heavy atom. The molecule has 3 rings (SSSR count). The molecule has 0 spiro atoms. The summed E-state index contributed by atoms with van der Waals surface area (Å²) >= 11 is 0. The molecule has 0 unspecified atom stereocenters. The van der Waals surface area contributed by atoms with Crippen molar-refractivity contribution in [3.63, 3.8) is 0 Å². The summed E-state index contributed by atoms with van der Waals surface area (Å²) in [6.07, 6.45) is -3.98. The maximum atomic E-state index is 13.0. The molecule has 0 N–H and O–H groups in total. The van der Waals surface area contributed by atoms with Crippen LogP contribution in [0.25, 0.3) is 11.0 Å². The molecule has 27 heavy (non-hydrogen) atoms. The number of fused-ring (bicyclic) bond motifs is 1. The van der Waals surface area contributed by atoms with Gasteiger partial charge in [0.25, 0.3) is 5.91 Å². The van der Waals surface area contributed by atoms with Gasteiger partial charge in [0.05, 0.1) is 16.6 Å². The Morgan fingerprint density at radius 1 is 1.04 bits per heavy atom. The molecule has 0 bridgehead atoms. The summed E-state index contributed by atoms with van der Waals surface area (Å²) in [5, 5.41) is 7.55. The summed E-state index contributed by atoms with van der Waals surface area (Å²) in [6, 6.07) is 11.8. The van der Waals surface area contributed by atoms with Crippen LogP contribution in [-0.4, -0.2) is 45.8 Å². The molecular weight excluding hydrogens is 370 g/mol. The molecular formula is C17H11F4N3O3. The summed E-state index contributed by atoms with van der Waals surface area (Å²) in [7, 11) is 0. The van der Waals surface area contributed by atoms with E-state index in [-0.39, 0.29) is 11.1 Å². The number of esters is 1. The zero-order valence-corrected chi connectivity index (χ0v) is 13.5. The maximum Gasteiger partial charge on any atom is 0.340 e. The summed E-state index contributed by atoms with van der Waals surface area (Å²) in [4.78, 5) is 24.8. The van der Waals surface area contributed by atoms with E-state index in [0.717, 1.165) is 10.7 Å². The van der Waals surface area contributed by atoms with Crippen LogP contribution in [0.15, 0.2) is 48.5 Å². The number of hydrogen-bond donors (Lipinski definition) is 0. The van der Waals surface area contributed by atoms with Gasteiger partial charge < -0.3 is 4.74 Å². The Labute approximate surface area is 149 Å². The third-order valence-corrected chi connectivity index (χ3v) is 3.64. The minimum absolute atomic E-state index is 0.196. The largest absolute Gasteiger partial charge is 0.455 e. The minimum atomic E-state index is -4.49. The molecule has 10 heteroatoms. The molecule has 0 amide bonds. The summed E-state index contributed by atoms with van der Waals surface area (Å²) in [5.74, 6) is -6.57. The van der Waals surface area contributed by atoms with E-state index in [4.69, 9.17) is 0 Å². The van der Waals surface area contributed by atoms with Crippen LogP contribution in [0.2, 0.25) is 0 Å². The highest BCUT2D eigenvalue weighted by Gasteiger charge is 2.42. The SMILES string of the molecule is O=C(OCC(F)(F)C(F)F)c1ccccc1C(=O)n1nnc2ccccc21. The zero-order valence-electron chi connectivity index (χ0n) is 13.5. The summed E-state index contributed by atoms with van der Waals surface area (Å²) in [6.45, 7) is -1.81. The topological polar surface area (TPSA) is 74.1 Å². The smallest absolute Gasteiger partial charge is 0.340 e. The van der Waals surface area contributed by atoms with Gasteiger partial charge >= 0.3 is 18.3 Å². The quantitative estimate of drug-likeness (QED) is 0.501. The van der Waals surface area contributed by atoms with Crippen molar-refractivity contribution in [2.45, 2.75) is 12.3 Å². The second kappa shape index (κ2) is 7.14. The molecule has 0 aliphatic carbocycles. The van der Waals surface area contributed by atoms with Crippen molar-refractivity contribution in [1.82, 2.24) is 15.0 Å². The second-order valence-electron chi connectivity index (χ2n) is 5.48. The van der Waals surface area contributed by atoms with Gasteiger partial charge in [-0.1, -0.05) is 29.5 Å². The Hall–Kier alpha value is -3.30. The Balaban J connectivity index is 1.90. The lowest BCUT2D eigenvalue weighted by atomic mass is 10.1. The van der Waals surface area contributed by atoms with Crippen LogP contribution in [0.5, 0.6) is 0 Å². The van der Waals surface area contributed by atoms with Gasteiger partial charge in [-0.15, -0.1) is 5.10 Å². The number of para-hydroxylation sites is 1. The molecule has 0 saturated carbocycles. The van der Waals surface area contributed by atoms with Gasteiger partial charge in [0.15, 0.2) is 6.61 Å². The summed E-state index contributed by atoms with van der Waals surface area (Å²) in [5.41, 5.74) is 0.253. The lowest BCUT2D eigenvalue weighted by molar-refractivity contribution is -0.155. The first-order chi connectivity index (χ1) is 12.8. The third-order valence-electron chi connectivity index (χ3n) is 3.64. The number of aromatic nitrogens is 3. The van der Waals surface area contributed by atoms with Gasteiger partial charge in [-0.05, 0) is 24.3 Å². The lowest BCUT2D eigenvalue weighted by Crippen LogP contribution is -2.33. The van der Waals surface area contributed by atoms with E-state index >= 15 is 0 Å². The van der Waals surface area contributed by atoms with E-state index in [1.807, 2.05) is 0 Å². The number of rotatable bonds is 5. The van der Waals surface area contributed by atoms with E-state index in [0.29, 0.717) is 11.0 Å². The van der Waals surface area contributed by atoms with Gasteiger partial charge in [0.2, 0.25) is 0 Å². The standard InChI is InChI=1S/C17H11F4N3O3/c18-16(19)17(20,21)9-27-15(26)11-6-2-1-5-10(11)14(25)24-13-8-4-3-7-12(13)22-23-24/h1-8,16H,9H2. The van der Waals surface area contributed by atoms with Crippen molar-refractivity contribution >= 4 is 22.9 Å². The van der Waals surface area contributed by atoms with Crippen LogP contribution in [0.4, 0.5) is 17.6 Å². The fourth-order valence-electron chi connectivity index (χ4n) is 2.28. The van der Waals surface area contributed by atoms with Crippen molar-refractivity contribution in [2.75, 3.05) is 6.61 Å². The number of carbonyl (C=O) groups is 2. The van der Waals surface area contributed by atoms with Gasteiger partial charge in [0, 0.05) is 0 Å². The highest BCUT2D eigenvalue weighted by Crippen LogP contribution is 2.24. The van der Waals surface area contributed by atoms with Crippen molar-refractivity contribution in [2.24, 2.45) is 0 Å². The van der Waals surface area contributed by atoms with Crippen LogP contribution < -0.4 is 0 Å². The molecule has 3 aromatic rings. The molecule has 0 atom stereocenters. The van der Waals surface area contributed by atoms with Crippen LogP contribution in [0.1, 0.15) is 20.7 Å². The van der Waals surface area contributed by atoms with Crippen molar-refractivity contribution in [3.8, 4) is 0 Å². The minimum Gasteiger partial charge on any atom is -0.455 e. The monoisotopic (exact) mass is 381 g/mol. The Morgan fingerprint density at radius 3 is 2.37 bits per heavy atom. The van der Waals surface area contributed by atoms with Crippen LogP contribution in [-0.2, 0) is 4.74 Å². The molecule has 0 radical (unpaired) electrons. The molecule has 0 aliphatic rings. The van der Waals surface area contributed by atoms with Gasteiger partial charge in [0.1, 0.15) is 5.52 Å². The molecule has 1 aromatic heterocycles. The number of carbonyl (C=O) groups excluding carboxylic acids is 2. The fraction of sp³-hybridized carbons (Fsp3) is 0.176. The molecule has 0 saturated heterocycles. The average Bonchev–Trinajstić information content (AvgIpc) is 3.09. The number of halogens is 4. The van der Waals surface area contributed by atoms with E-state index in [1.165, 1.54) is 18.2 Å². The van der Waals surface area contributed by atoms with Crippen LogP contribution >= 0.6 is 0 Å². The predicted molar refractivity (Wildman–Crippen MR) is 84.9 cm³/mol. The lowest BCUT2D eigenvalue weighted by Gasteiger charge is -2.15. The van der Waals surface area contributed by atoms with Crippen LogP contribution in [0, 0.1) is 0 Å². The third kappa shape index (κ3) is 3.64. The van der Waals surface area contributed by atoms with Gasteiger partial charge in [-0.3, -0.25) is 4.79 Å². The van der Waals surface area contributed by atoms with Gasteiger partial charge in [-0.25, -0.2) is 13.6 Å². The molecule has 1 heterocycles. The summed E-state index contributed by atoms with van der Waals surface area (Å²) < 4.78 is 55.5.